The molecule has 12 atom stereocenters. The number of carbonyl (C=O) groups excluding carboxylic acids is 3. The predicted octanol–water partition coefficient (Wildman–Crippen LogP) is 5.20. The molecule has 1 N–H and O–H groups in total. The zero-order chi connectivity index (χ0) is 26.6. The third kappa shape index (κ3) is 4.14. The maximum Gasteiger partial charge on any atom is 0.305 e. The molecule has 0 heterocycles. The number of aliphatic hydroxyl groups is 1. The first-order valence-electron chi connectivity index (χ1n) is 14.4. The fourth-order valence-electron chi connectivity index (χ4n) is 10.00. The number of Topliss-reactive ketones (excluding diaryl/α,β-unsaturated/α-hetero) is 1. The highest BCUT2D eigenvalue weighted by atomic mass is 16.5. The number of ketones is 1. The van der Waals surface area contributed by atoms with Crippen molar-refractivity contribution in [3.63, 3.8) is 0 Å². The molecule has 0 aromatic carbocycles. The molecular formula is C30H48O6. The molecule has 0 aromatic heterocycles. The number of rotatable bonds is 6. The first kappa shape index (κ1) is 27.6. The predicted molar refractivity (Wildman–Crippen MR) is 137 cm³/mol. The van der Waals surface area contributed by atoms with Crippen LogP contribution in [-0.2, 0) is 23.9 Å². The summed E-state index contributed by atoms with van der Waals surface area (Å²) in [4.78, 5) is 37.8. The summed E-state index contributed by atoms with van der Waals surface area (Å²) in [7, 11) is 1.44. The van der Waals surface area contributed by atoms with E-state index in [2.05, 4.69) is 34.6 Å². The second kappa shape index (κ2) is 10.0. The average molecular weight is 505 g/mol. The van der Waals surface area contributed by atoms with Gasteiger partial charge < -0.3 is 14.6 Å². The number of fused-ring (bicyclic) bond motifs is 5. The van der Waals surface area contributed by atoms with E-state index in [9.17, 15) is 19.5 Å². The Kier molecular flexibility index (Phi) is 7.69. The third-order valence-corrected chi connectivity index (χ3v) is 11.9. The molecule has 0 spiro atoms. The maximum absolute atomic E-state index is 14.3. The lowest BCUT2D eigenvalue weighted by Crippen LogP contribution is -2.67. The fraction of sp³-hybridized carbons (Fsp3) is 0.900. The van der Waals surface area contributed by atoms with E-state index in [1.165, 1.54) is 14.0 Å². The van der Waals surface area contributed by atoms with Crippen LogP contribution in [0.15, 0.2) is 0 Å². The summed E-state index contributed by atoms with van der Waals surface area (Å²) in [5.41, 5.74) is -0.276. The summed E-state index contributed by atoms with van der Waals surface area (Å²) in [6.07, 6.45) is 5.78. The van der Waals surface area contributed by atoms with Crippen molar-refractivity contribution in [1.82, 2.24) is 0 Å². The molecule has 0 aromatic rings. The van der Waals surface area contributed by atoms with Gasteiger partial charge in [0.25, 0.3) is 0 Å². The maximum atomic E-state index is 14.3. The van der Waals surface area contributed by atoms with Gasteiger partial charge in [0.1, 0.15) is 11.9 Å². The molecule has 0 aliphatic heterocycles. The number of aliphatic hydroxyl groups excluding tert-OH is 1. The Bertz CT molecular complexity index is 870. The minimum absolute atomic E-state index is 0.0461. The minimum Gasteiger partial charge on any atom is -0.469 e. The van der Waals surface area contributed by atoms with Crippen molar-refractivity contribution in [3.05, 3.63) is 0 Å². The van der Waals surface area contributed by atoms with Crippen molar-refractivity contribution < 1.29 is 29.0 Å². The molecule has 6 heteroatoms. The Morgan fingerprint density at radius 3 is 2.47 bits per heavy atom. The summed E-state index contributed by atoms with van der Waals surface area (Å²) < 4.78 is 10.5. The van der Waals surface area contributed by atoms with Gasteiger partial charge in [-0.15, -0.1) is 0 Å². The van der Waals surface area contributed by atoms with Gasteiger partial charge in [0.15, 0.2) is 0 Å². The average Bonchev–Trinajstić information content (AvgIpc) is 3.19. The lowest BCUT2D eigenvalue weighted by molar-refractivity contribution is -0.216. The highest BCUT2D eigenvalue weighted by molar-refractivity contribution is 5.86. The number of methoxy groups -OCH3 is 1. The number of esters is 2. The van der Waals surface area contributed by atoms with Gasteiger partial charge in [-0.2, -0.15) is 0 Å². The van der Waals surface area contributed by atoms with Crippen molar-refractivity contribution in [1.29, 1.82) is 0 Å². The standard InChI is InChI=1S/C30H48O6/c1-8-20-23-15-19(36-18(4)31)13-14-29(23,5)26-25(28(20)34)22-11-10-21(16(2)9-12-24(32)35-7)30(22,6)17(3)27(26)33/h16-17,19-23,25-27,33H,8-15H2,1-7H3/t16-,17+,19-,20-,21-,22?,23+,25?,26?,27+,29+,30-/m1/s1. The fourth-order valence-corrected chi connectivity index (χ4v) is 10.00. The van der Waals surface area contributed by atoms with Gasteiger partial charge in [-0.1, -0.05) is 34.6 Å². The molecule has 4 aliphatic rings. The SMILES string of the molecule is CC[C@H]1C(=O)C2C3CC[C@H]([C@H](C)CCC(=O)OC)[C@@]3(C)[C@@H](C)[C@H](O)C2[C@@]2(C)CC[C@@H](OC(C)=O)C[C@@H]12. The summed E-state index contributed by atoms with van der Waals surface area (Å²) in [6, 6.07) is 0. The topological polar surface area (TPSA) is 89.9 Å². The monoisotopic (exact) mass is 504 g/mol. The molecule has 4 aliphatic carbocycles. The zero-order valence-electron chi connectivity index (χ0n) is 23.4. The van der Waals surface area contributed by atoms with Crippen molar-refractivity contribution in [2.24, 2.45) is 58.2 Å². The molecule has 4 saturated carbocycles. The lowest BCUT2D eigenvalue weighted by Gasteiger charge is -2.65. The van der Waals surface area contributed by atoms with Gasteiger partial charge in [0.2, 0.25) is 0 Å². The third-order valence-electron chi connectivity index (χ3n) is 11.9. The number of hydrogen-bond donors (Lipinski definition) is 1. The van der Waals surface area contributed by atoms with Crippen LogP contribution >= 0.6 is 0 Å². The van der Waals surface area contributed by atoms with Crippen molar-refractivity contribution in [2.75, 3.05) is 7.11 Å². The Balaban J connectivity index is 1.67. The van der Waals surface area contributed by atoms with Crippen LogP contribution in [0.1, 0.15) is 92.9 Å². The van der Waals surface area contributed by atoms with Crippen LogP contribution in [0.5, 0.6) is 0 Å². The van der Waals surface area contributed by atoms with Crippen LogP contribution in [0.2, 0.25) is 0 Å². The van der Waals surface area contributed by atoms with E-state index in [0.29, 0.717) is 24.0 Å². The van der Waals surface area contributed by atoms with Gasteiger partial charge in [0.05, 0.1) is 13.2 Å². The zero-order valence-corrected chi connectivity index (χ0v) is 23.4. The molecule has 204 valence electrons. The van der Waals surface area contributed by atoms with Crippen LogP contribution in [0.3, 0.4) is 0 Å². The van der Waals surface area contributed by atoms with E-state index in [0.717, 1.165) is 44.9 Å². The molecule has 4 rings (SSSR count). The van der Waals surface area contributed by atoms with E-state index >= 15 is 0 Å². The molecule has 0 bridgehead atoms. The molecule has 36 heavy (non-hydrogen) atoms. The first-order valence-corrected chi connectivity index (χ1v) is 14.4. The smallest absolute Gasteiger partial charge is 0.305 e. The van der Waals surface area contributed by atoms with E-state index < -0.39 is 6.10 Å². The van der Waals surface area contributed by atoms with Gasteiger partial charge >= 0.3 is 11.9 Å². The van der Waals surface area contributed by atoms with Gasteiger partial charge in [-0.05, 0) is 85.4 Å². The highest BCUT2D eigenvalue weighted by Crippen LogP contribution is 2.70. The number of ether oxygens (including phenoxy) is 2. The van der Waals surface area contributed by atoms with Gasteiger partial charge in [0, 0.05) is 31.1 Å². The van der Waals surface area contributed by atoms with Crippen LogP contribution in [0.25, 0.3) is 0 Å². The van der Waals surface area contributed by atoms with Crippen LogP contribution in [0, 0.1) is 58.2 Å². The molecule has 0 amide bonds. The number of carbonyl (C=O) groups is 3. The Morgan fingerprint density at radius 1 is 1.17 bits per heavy atom. The summed E-state index contributed by atoms with van der Waals surface area (Å²) >= 11 is 0. The first-order chi connectivity index (χ1) is 16.9. The molecule has 6 nitrogen and oxygen atoms in total. The molecule has 4 fully saturated rings. The second-order valence-electron chi connectivity index (χ2n) is 13.1. The summed E-state index contributed by atoms with van der Waals surface area (Å²) in [5, 5.41) is 12.0. The van der Waals surface area contributed by atoms with Crippen molar-refractivity contribution in [3.8, 4) is 0 Å². The Morgan fingerprint density at radius 2 is 1.86 bits per heavy atom. The normalized spacial score (nSPS) is 46.8. The van der Waals surface area contributed by atoms with Crippen molar-refractivity contribution in [2.45, 2.75) is 105 Å². The Labute approximate surface area is 217 Å². The van der Waals surface area contributed by atoms with Crippen LogP contribution < -0.4 is 0 Å². The molecule has 0 saturated heterocycles. The largest absolute Gasteiger partial charge is 0.469 e. The van der Waals surface area contributed by atoms with Crippen LogP contribution in [-0.4, -0.2) is 42.1 Å². The van der Waals surface area contributed by atoms with E-state index in [4.69, 9.17) is 9.47 Å². The van der Waals surface area contributed by atoms with Gasteiger partial charge in [-0.25, -0.2) is 0 Å². The Hall–Kier alpha value is -1.43. The van der Waals surface area contributed by atoms with E-state index in [-0.39, 0.29) is 64.4 Å². The summed E-state index contributed by atoms with van der Waals surface area (Å²) in [5.74, 6) is 0.883. The quantitative estimate of drug-likeness (QED) is 0.500. The van der Waals surface area contributed by atoms with Crippen LogP contribution in [0.4, 0.5) is 0 Å². The molecule has 0 radical (unpaired) electrons. The van der Waals surface area contributed by atoms with Gasteiger partial charge in [-0.3, -0.25) is 14.4 Å². The minimum atomic E-state index is -0.538. The molecular weight excluding hydrogens is 456 g/mol. The summed E-state index contributed by atoms with van der Waals surface area (Å²) in [6.45, 7) is 12.7. The van der Waals surface area contributed by atoms with E-state index in [1.54, 1.807) is 0 Å². The molecule has 3 unspecified atom stereocenters. The number of hydrogen-bond acceptors (Lipinski definition) is 6. The second-order valence-corrected chi connectivity index (χ2v) is 13.1. The van der Waals surface area contributed by atoms with E-state index in [1.807, 2.05) is 0 Å². The lowest BCUT2D eigenvalue weighted by atomic mass is 9.39. The highest BCUT2D eigenvalue weighted by Gasteiger charge is 2.69. The van der Waals surface area contributed by atoms with Crippen molar-refractivity contribution >= 4 is 17.7 Å².